The van der Waals surface area contributed by atoms with Crippen LogP contribution in [0.3, 0.4) is 0 Å². The summed E-state index contributed by atoms with van der Waals surface area (Å²) in [5, 5.41) is 14.0. The van der Waals surface area contributed by atoms with Gasteiger partial charge < -0.3 is 9.15 Å². The van der Waals surface area contributed by atoms with Gasteiger partial charge in [-0.05, 0) is 34.1 Å². The van der Waals surface area contributed by atoms with Gasteiger partial charge in [-0.1, -0.05) is 0 Å². The van der Waals surface area contributed by atoms with Gasteiger partial charge in [0.2, 0.25) is 10.0 Å². The number of carbonyl (C=O) groups is 1. The van der Waals surface area contributed by atoms with Crippen molar-refractivity contribution in [3.8, 4) is 10.8 Å². The zero-order chi connectivity index (χ0) is 17.3. The molecule has 0 bridgehead atoms. The molecule has 126 valence electrons. The molecule has 0 aliphatic rings. The summed E-state index contributed by atoms with van der Waals surface area (Å²) in [6, 6.07) is 4.83. The monoisotopic (exact) mass is 449 g/mol. The molecule has 0 radical (unpaired) electrons. The molecule has 0 aliphatic carbocycles. The molecular formula is C12H8BrN3O5S3. The minimum atomic E-state index is -3.84. The van der Waals surface area contributed by atoms with E-state index < -0.39 is 16.0 Å². The molecule has 0 aliphatic heterocycles. The predicted molar refractivity (Wildman–Crippen MR) is 90.1 cm³/mol. The molecule has 2 N–H and O–H groups in total. The van der Waals surface area contributed by atoms with Crippen LogP contribution in [0.15, 0.2) is 36.0 Å². The number of esters is 1. The van der Waals surface area contributed by atoms with Crippen LogP contribution < -0.4 is 5.14 Å². The molecule has 3 rings (SSSR count). The van der Waals surface area contributed by atoms with Crippen LogP contribution in [0, 0.1) is 0 Å². The number of thiophene rings is 2. The summed E-state index contributed by atoms with van der Waals surface area (Å²) in [6.45, 7) is -0.223. The third-order valence-electron chi connectivity index (χ3n) is 2.67. The average Bonchev–Trinajstić information content (AvgIpc) is 3.23. The minimum absolute atomic E-state index is 0.0888. The summed E-state index contributed by atoms with van der Waals surface area (Å²) in [6.07, 6.45) is 0. The van der Waals surface area contributed by atoms with Gasteiger partial charge in [0.05, 0.1) is 14.2 Å². The maximum absolute atomic E-state index is 11.9. The highest BCUT2D eigenvalue weighted by molar-refractivity contribution is 9.11. The Labute approximate surface area is 152 Å². The summed E-state index contributed by atoms with van der Waals surface area (Å²) in [4.78, 5) is 12.7. The van der Waals surface area contributed by atoms with E-state index in [4.69, 9.17) is 14.3 Å². The van der Waals surface area contributed by atoms with Crippen LogP contribution in [0.25, 0.3) is 10.8 Å². The molecule has 0 saturated heterocycles. The zero-order valence-electron chi connectivity index (χ0n) is 11.6. The van der Waals surface area contributed by atoms with E-state index in [0.29, 0.717) is 5.89 Å². The van der Waals surface area contributed by atoms with Gasteiger partial charge in [-0.15, -0.1) is 32.9 Å². The van der Waals surface area contributed by atoms with Crippen molar-refractivity contribution in [2.75, 3.05) is 0 Å². The highest BCUT2D eigenvalue weighted by atomic mass is 79.9. The minimum Gasteiger partial charge on any atom is -0.452 e. The highest BCUT2D eigenvalue weighted by Crippen LogP contribution is 2.30. The molecule has 0 fully saturated rings. The first-order valence-corrected chi connectivity index (χ1v) is 10.2. The van der Waals surface area contributed by atoms with Gasteiger partial charge in [-0.3, -0.25) is 0 Å². The maximum Gasteiger partial charge on any atom is 0.339 e. The normalized spacial score (nSPS) is 11.6. The van der Waals surface area contributed by atoms with Crippen molar-refractivity contribution in [1.29, 1.82) is 0 Å². The van der Waals surface area contributed by atoms with E-state index in [1.165, 1.54) is 16.7 Å². The lowest BCUT2D eigenvalue weighted by Gasteiger charge is -1.98. The standard InChI is InChI=1S/C12H8BrN3O5S3/c13-8-2-1-7(23-8)11-16-15-9(21-11)4-20-12(17)6-3-10(22-5-6)24(14,18)19/h1-3,5H,4H2,(H2,14,18,19). The van der Waals surface area contributed by atoms with Crippen molar-refractivity contribution in [1.82, 2.24) is 10.2 Å². The number of rotatable bonds is 5. The summed E-state index contributed by atoms with van der Waals surface area (Å²) in [5.74, 6) is -0.256. The average molecular weight is 450 g/mol. The van der Waals surface area contributed by atoms with Crippen LogP contribution in [-0.2, 0) is 21.4 Å². The van der Waals surface area contributed by atoms with Crippen LogP contribution in [0.1, 0.15) is 16.2 Å². The third-order valence-corrected chi connectivity index (χ3v) is 6.67. The van der Waals surface area contributed by atoms with Crippen molar-refractivity contribution < 1.29 is 22.4 Å². The second-order valence-corrected chi connectivity index (χ2v) is 9.54. The fourth-order valence-corrected chi connectivity index (χ4v) is 4.51. The lowest BCUT2D eigenvalue weighted by Crippen LogP contribution is -2.10. The van der Waals surface area contributed by atoms with Crippen LogP contribution >= 0.6 is 38.6 Å². The van der Waals surface area contributed by atoms with Gasteiger partial charge >= 0.3 is 5.97 Å². The van der Waals surface area contributed by atoms with Crippen molar-refractivity contribution in [3.63, 3.8) is 0 Å². The first-order chi connectivity index (χ1) is 11.3. The SMILES string of the molecule is NS(=O)(=O)c1cc(C(=O)OCc2nnc(-c3ccc(Br)s3)o2)cs1. The number of hydrogen-bond acceptors (Lipinski definition) is 9. The van der Waals surface area contributed by atoms with E-state index >= 15 is 0 Å². The maximum atomic E-state index is 11.9. The Morgan fingerprint density at radius 1 is 1.38 bits per heavy atom. The van der Waals surface area contributed by atoms with Gasteiger partial charge in [0.1, 0.15) is 4.21 Å². The fourth-order valence-electron chi connectivity index (χ4n) is 1.62. The summed E-state index contributed by atoms with van der Waals surface area (Å²) in [7, 11) is -3.84. The zero-order valence-corrected chi connectivity index (χ0v) is 15.7. The fraction of sp³-hybridized carbons (Fsp3) is 0.0833. The van der Waals surface area contributed by atoms with Gasteiger partial charge in [0, 0.05) is 5.38 Å². The second kappa shape index (κ2) is 6.72. The van der Waals surface area contributed by atoms with Crippen molar-refractivity contribution in [2.45, 2.75) is 10.8 Å². The number of carbonyl (C=O) groups excluding carboxylic acids is 1. The van der Waals surface area contributed by atoms with Crippen molar-refractivity contribution in [3.05, 3.63) is 38.8 Å². The van der Waals surface area contributed by atoms with Crippen LogP contribution in [-0.4, -0.2) is 24.6 Å². The van der Waals surface area contributed by atoms with Crippen LogP contribution in [0.2, 0.25) is 0 Å². The third kappa shape index (κ3) is 3.89. The van der Waals surface area contributed by atoms with Crippen LogP contribution in [0.4, 0.5) is 0 Å². The molecule has 0 unspecified atom stereocenters. The van der Waals surface area contributed by atoms with Crippen LogP contribution in [0.5, 0.6) is 0 Å². The number of primary sulfonamides is 1. The Hall–Kier alpha value is -1.60. The lowest BCUT2D eigenvalue weighted by atomic mass is 10.3. The number of aromatic nitrogens is 2. The Morgan fingerprint density at radius 2 is 2.17 bits per heavy atom. The molecule has 3 aromatic rings. The summed E-state index contributed by atoms with van der Waals surface area (Å²) >= 11 is 5.60. The number of halogens is 1. The Bertz CT molecular complexity index is 991. The summed E-state index contributed by atoms with van der Waals surface area (Å²) < 4.78 is 33.6. The smallest absolute Gasteiger partial charge is 0.339 e. The Kier molecular flexibility index (Phi) is 4.83. The molecule has 3 heterocycles. The van der Waals surface area contributed by atoms with Crippen molar-refractivity contribution >= 4 is 54.6 Å². The molecule has 0 spiro atoms. The van der Waals surface area contributed by atoms with E-state index in [1.54, 1.807) is 0 Å². The molecule has 0 saturated carbocycles. The number of nitrogens with two attached hydrogens (primary N) is 1. The first kappa shape index (κ1) is 17.2. The first-order valence-electron chi connectivity index (χ1n) is 6.19. The van der Waals surface area contributed by atoms with E-state index in [1.807, 2.05) is 12.1 Å². The van der Waals surface area contributed by atoms with Gasteiger partial charge in [-0.2, -0.15) is 0 Å². The van der Waals surface area contributed by atoms with E-state index in [9.17, 15) is 13.2 Å². The van der Waals surface area contributed by atoms with E-state index in [2.05, 4.69) is 26.1 Å². The largest absolute Gasteiger partial charge is 0.452 e. The molecule has 0 atom stereocenters. The van der Waals surface area contributed by atoms with Crippen molar-refractivity contribution in [2.24, 2.45) is 5.14 Å². The molecule has 0 aromatic carbocycles. The second-order valence-electron chi connectivity index (χ2n) is 4.38. The molecule has 0 amide bonds. The number of hydrogen-bond donors (Lipinski definition) is 1. The molecule has 12 heteroatoms. The van der Waals surface area contributed by atoms with E-state index in [0.717, 1.165) is 26.1 Å². The predicted octanol–water partition coefficient (Wildman–Crippen LogP) is 2.63. The number of sulfonamides is 1. The Balaban J connectivity index is 1.64. The number of nitrogens with zero attached hydrogens (tertiary/aromatic N) is 2. The Morgan fingerprint density at radius 3 is 2.79 bits per heavy atom. The molecule has 24 heavy (non-hydrogen) atoms. The molecule has 8 nitrogen and oxygen atoms in total. The van der Waals surface area contributed by atoms with Gasteiger partial charge in [-0.25, -0.2) is 18.4 Å². The van der Waals surface area contributed by atoms with Gasteiger partial charge in [0.25, 0.3) is 11.8 Å². The number of ether oxygens (including phenoxy) is 1. The summed E-state index contributed by atoms with van der Waals surface area (Å²) in [5.41, 5.74) is 0.0888. The lowest BCUT2D eigenvalue weighted by molar-refractivity contribution is 0.0439. The molecule has 3 aromatic heterocycles. The quantitative estimate of drug-likeness (QED) is 0.593. The topological polar surface area (TPSA) is 125 Å². The molecular weight excluding hydrogens is 442 g/mol. The highest BCUT2D eigenvalue weighted by Gasteiger charge is 2.17. The van der Waals surface area contributed by atoms with Gasteiger partial charge in [0.15, 0.2) is 6.61 Å². The van der Waals surface area contributed by atoms with E-state index in [-0.39, 0.29) is 22.3 Å².